The standard InChI is InChI=1S/C13H28O/c1-4-8-13(11-14)10-7-5-6-9-12(2)3/h12-14H,4-11H2,1-3H3/t13-/m1/s1. The summed E-state index contributed by atoms with van der Waals surface area (Å²) in [6.45, 7) is 7.15. The normalized spacial score (nSPS) is 13.5. The van der Waals surface area contributed by atoms with Gasteiger partial charge >= 0.3 is 0 Å². The van der Waals surface area contributed by atoms with E-state index in [1.165, 1.54) is 44.9 Å². The third-order valence-electron chi connectivity index (χ3n) is 2.85. The van der Waals surface area contributed by atoms with Gasteiger partial charge in [-0.15, -0.1) is 0 Å². The predicted octanol–water partition coefficient (Wildman–Crippen LogP) is 4.00. The van der Waals surface area contributed by atoms with E-state index in [4.69, 9.17) is 5.11 Å². The lowest BCUT2D eigenvalue weighted by atomic mass is 9.96. The minimum atomic E-state index is 0.387. The SMILES string of the molecule is CCC[C@@H](CO)CCCCCC(C)C. The second kappa shape index (κ2) is 9.51. The molecule has 1 heteroatoms. The van der Waals surface area contributed by atoms with Crippen LogP contribution in [0.3, 0.4) is 0 Å². The Bertz CT molecular complexity index is 110. The molecule has 0 radical (unpaired) electrons. The Hall–Kier alpha value is -0.0400. The highest BCUT2D eigenvalue weighted by molar-refractivity contribution is 4.57. The fraction of sp³-hybridized carbons (Fsp3) is 1.00. The smallest absolute Gasteiger partial charge is 0.0459 e. The van der Waals surface area contributed by atoms with Gasteiger partial charge in [0.05, 0.1) is 0 Å². The van der Waals surface area contributed by atoms with E-state index in [9.17, 15) is 0 Å². The molecule has 0 bridgehead atoms. The van der Waals surface area contributed by atoms with Crippen molar-refractivity contribution in [1.82, 2.24) is 0 Å². The average Bonchev–Trinajstić information content (AvgIpc) is 2.15. The summed E-state index contributed by atoms with van der Waals surface area (Å²) in [5.74, 6) is 1.42. The van der Waals surface area contributed by atoms with Crippen molar-refractivity contribution in [3.8, 4) is 0 Å². The monoisotopic (exact) mass is 200 g/mol. The number of unbranched alkanes of at least 4 members (excludes halogenated alkanes) is 2. The van der Waals surface area contributed by atoms with Crippen LogP contribution >= 0.6 is 0 Å². The zero-order valence-corrected chi connectivity index (χ0v) is 10.3. The van der Waals surface area contributed by atoms with Crippen LogP contribution in [0.25, 0.3) is 0 Å². The van der Waals surface area contributed by atoms with Crippen molar-refractivity contribution >= 4 is 0 Å². The van der Waals surface area contributed by atoms with E-state index in [1.807, 2.05) is 0 Å². The first-order valence-electron chi connectivity index (χ1n) is 6.31. The molecule has 0 spiro atoms. The van der Waals surface area contributed by atoms with Crippen LogP contribution in [0.15, 0.2) is 0 Å². The molecule has 0 saturated carbocycles. The maximum absolute atomic E-state index is 9.10. The second-order valence-corrected chi connectivity index (χ2v) is 4.87. The maximum Gasteiger partial charge on any atom is 0.0459 e. The summed E-state index contributed by atoms with van der Waals surface area (Å²) >= 11 is 0. The summed E-state index contributed by atoms with van der Waals surface area (Å²) in [5.41, 5.74) is 0. The molecule has 86 valence electrons. The number of aliphatic hydroxyl groups excluding tert-OH is 1. The lowest BCUT2D eigenvalue weighted by Crippen LogP contribution is -2.05. The Morgan fingerprint density at radius 2 is 1.57 bits per heavy atom. The highest BCUT2D eigenvalue weighted by Gasteiger charge is 2.05. The first kappa shape index (κ1) is 14.0. The molecule has 0 amide bonds. The van der Waals surface area contributed by atoms with Crippen LogP contribution in [0.5, 0.6) is 0 Å². The Morgan fingerprint density at radius 1 is 0.929 bits per heavy atom. The third kappa shape index (κ3) is 8.55. The molecule has 0 aromatic heterocycles. The topological polar surface area (TPSA) is 20.2 Å². The van der Waals surface area contributed by atoms with E-state index in [2.05, 4.69) is 20.8 Å². The van der Waals surface area contributed by atoms with Crippen LogP contribution in [-0.4, -0.2) is 11.7 Å². The summed E-state index contributed by atoms with van der Waals surface area (Å²) < 4.78 is 0. The number of rotatable bonds is 9. The molecule has 0 saturated heterocycles. The quantitative estimate of drug-likeness (QED) is 0.558. The molecule has 0 aromatic carbocycles. The zero-order valence-electron chi connectivity index (χ0n) is 10.3. The molecule has 0 fully saturated rings. The molecule has 1 N–H and O–H groups in total. The van der Waals surface area contributed by atoms with Gasteiger partial charge in [0.15, 0.2) is 0 Å². The average molecular weight is 200 g/mol. The molecule has 0 aliphatic carbocycles. The van der Waals surface area contributed by atoms with Crippen molar-refractivity contribution in [1.29, 1.82) is 0 Å². The Kier molecular flexibility index (Phi) is 9.49. The van der Waals surface area contributed by atoms with Gasteiger partial charge in [0.1, 0.15) is 0 Å². The van der Waals surface area contributed by atoms with Gasteiger partial charge in [0.2, 0.25) is 0 Å². The van der Waals surface area contributed by atoms with E-state index in [0.717, 1.165) is 5.92 Å². The van der Waals surface area contributed by atoms with Crippen molar-refractivity contribution in [3.63, 3.8) is 0 Å². The summed E-state index contributed by atoms with van der Waals surface area (Å²) in [6, 6.07) is 0. The summed E-state index contributed by atoms with van der Waals surface area (Å²) in [6.07, 6.45) is 9.00. The first-order chi connectivity index (χ1) is 6.70. The van der Waals surface area contributed by atoms with E-state index >= 15 is 0 Å². The number of hydrogen-bond donors (Lipinski definition) is 1. The van der Waals surface area contributed by atoms with Crippen LogP contribution in [0.2, 0.25) is 0 Å². The van der Waals surface area contributed by atoms with Crippen LogP contribution in [0.1, 0.15) is 65.7 Å². The summed E-state index contributed by atoms with van der Waals surface area (Å²) in [5, 5.41) is 9.10. The molecule has 14 heavy (non-hydrogen) atoms. The number of hydrogen-bond acceptors (Lipinski definition) is 1. The zero-order chi connectivity index (χ0) is 10.8. The van der Waals surface area contributed by atoms with E-state index in [-0.39, 0.29) is 0 Å². The molecule has 0 unspecified atom stereocenters. The highest BCUT2D eigenvalue weighted by Crippen LogP contribution is 2.16. The lowest BCUT2D eigenvalue weighted by Gasteiger charge is -2.12. The maximum atomic E-state index is 9.10. The van der Waals surface area contributed by atoms with Crippen molar-refractivity contribution in [3.05, 3.63) is 0 Å². The minimum Gasteiger partial charge on any atom is -0.396 e. The second-order valence-electron chi connectivity index (χ2n) is 4.87. The van der Waals surface area contributed by atoms with E-state index < -0.39 is 0 Å². The van der Waals surface area contributed by atoms with Gasteiger partial charge in [-0.05, 0) is 24.7 Å². The molecule has 1 atom stereocenters. The van der Waals surface area contributed by atoms with Gasteiger partial charge in [-0.3, -0.25) is 0 Å². The summed E-state index contributed by atoms with van der Waals surface area (Å²) in [4.78, 5) is 0. The Labute approximate surface area is 89.9 Å². The van der Waals surface area contributed by atoms with Gasteiger partial charge in [0.25, 0.3) is 0 Å². The van der Waals surface area contributed by atoms with Crippen molar-refractivity contribution in [2.45, 2.75) is 65.7 Å². The van der Waals surface area contributed by atoms with Crippen molar-refractivity contribution in [2.24, 2.45) is 11.8 Å². The molecule has 0 aromatic rings. The molecule has 0 aliphatic rings. The minimum absolute atomic E-state index is 0.387. The third-order valence-corrected chi connectivity index (χ3v) is 2.85. The van der Waals surface area contributed by atoms with Crippen LogP contribution in [0.4, 0.5) is 0 Å². The van der Waals surface area contributed by atoms with E-state index in [0.29, 0.717) is 12.5 Å². The van der Waals surface area contributed by atoms with Gasteiger partial charge in [-0.1, -0.05) is 52.9 Å². The predicted molar refractivity (Wildman–Crippen MR) is 63.4 cm³/mol. The fourth-order valence-electron chi connectivity index (χ4n) is 1.90. The molecular formula is C13H28O. The van der Waals surface area contributed by atoms with Crippen molar-refractivity contribution < 1.29 is 5.11 Å². The van der Waals surface area contributed by atoms with Gasteiger partial charge in [-0.2, -0.15) is 0 Å². The Balaban J connectivity index is 3.24. The van der Waals surface area contributed by atoms with E-state index in [1.54, 1.807) is 0 Å². The van der Waals surface area contributed by atoms with Gasteiger partial charge < -0.3 is 5.11 Å². The van der Waals surface area contributed by atoms with Gasteiger partial charge in [-0.25, -0.2) is 0 Å². The van der Waals surface area contributed by atoms with Crippen LogP contribution in [-0.2, 0) is 0 Å². The molecular weight excluding hydrogens is 172 g/mol. The Morgan fingerprint density at radius 3 is 2.07 bits per heavy atom. The van der Waals surface area contributed by atoms with Crippen molar-refractivity contribution in [2.75, 3.05) is 6.61 Å². The molecule has 0 aliphatic heterocycles. The first-order valence-corrected chi connectivity index (χ1v) is 6.31. The highest BCUT2D eigenvalue weighted by atomic mass is 16.3. The molecule has 1 nitrogen and oxygen atoms in total. The van der Waals surface area contributed by atoms with Gasteiger partial charge in [0, 0.05) is 6.61 Å². The molecule has 0 heterocycles. The summed E-state index contributed by atoms with van der Waals surface area (Å²) in [7, 11) is 0. The van der Waals surface area contributed by atoms with Crippen LogP contribution < -0.4 is 0 Å². The number of aliphatic hydroxyl groups is 1. The fourth-order valence-corrected chi connectivity index (χ4v) is 1.90. The molecule has 0 rings (SSSR count). The largest absolute Gasteiger partial charge is 0.396 e. The lowest BCUT2D eigenvalue weighted by molar-refractivity contribution is 0.206. The van der Waals surface area contributed by atoms with Crippen LogP contribution in [0, 0.1) is 11.8 Å².